The average molecular weight is 338 g/mol. The van der Waals surface area contributed by atoms with Crippen LogP contribution in [-0.4, -0.2) is 19.9 Å². The Morgan fingerprint density at radius 3 is 1.73 bits per heavy atom. The Labute approximate surface area is 151 Å². The van der Waals surface area contributed by atoms with Crippen LogP contribution in [-0.2, 0) is 0 Å². The minimum atomic E-state index is 0.927. The molecule has 0 saturated heterocycles. The molecule has 0 aromatic carbocycles. The first-order valence-corrected chi connectivity index (χ1v) is 8.69. The molecule has 0 spiro atoms. The third-order valence-electron chi connectivity index (χ3n) is 4.91. The third kappa shape index (κ3) is 2.56. The molecule has 0 amide bonds. The Bertz CT molecular complexity index is 1250. The first kappa shape index (κ1) is 14.9. The van der Waals surface area contributed by atoms with Crippen molar-refractivity contribution in [2.45, 2.75) is 13.8 Å². The number of fused-ring (bicyclic) bond motifs is 8. The van der Waals surface area contributed by atoms with Gasteiger partial charge in [-0.15, -0.1) is 0 Å². The topological polar surface area (TPSA) is 57.4 Å². The van der Waals surface area contributed by atoms with Crippen molar-refractivity contribution in [2.75, 3.05) is 0 Å². The Balaban J connectivity index is 1.88. The van der Waals surface area contributed by atoms with E-state index in [-0.39, 0.29) is 0 Å². The molecular formula is C22H18N4. The van der Waals surface area contributed by atoms with Crippen molar-refractivity contribution in [3.8, 4) is 0 Å². The summed E-state index contributed by atoms with van der Waals surface area (Å²) in [6.45, 7) is 4.23. The second kappa shape index (κ2) is 5.56. The fourth-order valence-electron chi connectivity index (χ4n) is 3.33. The Hall–Kier alpha value is -3.40. The molecule has 8 bridgehead atoms. The van der Waals surface area contributed by atoms with Gasteiger partial charge >= 0.3 is 0 Å². The molecule has 126 valence electrons. The molecule has 26 heavy (non-hydrogen) atoms. The number of hydrogen-bond donors (Lipinski definition) is 2. The highest BCUT2D eigenvalue weighted by atomic mass is 14.8. The van der Waals surface area contributed by atoms with Crippen molar-refractivity contribution in [1.82, 2.24) is 19.9 Å². The summed E-state index contributed by atoms with van der Waals surface area (Å²) >= 11 is 0. The number of aromatic amines is 2. The maximum absolute atomic E-state index is 4.82. The normalized spacial score (nSPS) is 13.5. The molecule has 2 aliphatic rings. The van der Waals surface area contributed by atoms with Gasteiger partial charge in [0, 0.05) is 22.1 Å². The van der Waals surface area contributed by atoms with Crippen molar-refractivity contribution in [1.29, 1.82) is 0 Å². The Morgan fingerprint density at radius 1 is 0.577 bits per heavy atom. The van der Waals surface area contributed by atoms with Crippen LogP contribution in [0.2, 0.25) is 0 Å². The average Bonchev–Trinajstić information content (AvgIpc) is 3.38. The standard InChI is InChI=1S/C22H18N4/c1-13-14(2)22-12-20-8-6-18(25-20)10-16-4-3-15(23-16)9-17-5-7-19(24-17)11-21(13)26-22/h3-12,23-24H,1-2H3. The molecule has 4 nitrogen and oxygen atoms in total. The Kier molecular flexibility index (Phi) is 3.19. The molecule has 0 aliphatic carbocycles. The zero-order valence-corrected chi connectivity index (χ0v) is 14.7. The van der Waals surface area contributed by atoms with Crippen LogP contribution in [0.4, 0.5) is 0 Å². The lowest BCUT2D eigenvalue weighted by Crippen LogP contribution is -1.79. The number of allylic oxidation sites excluding steroid dienone is 2. The third-order valence-corrected chi connectivity index (χ3v) is 4.91. The van der Waals surface area contributed by atoms with Crippen molar-refractivity contribution >= 4 is 45.4 Å². The van der Waals surface area contributed by atoms with Gasteiger partial charge in [0.25, 0.3) is 0 Å². The first-order valence-electron chi connectivity index (χ1n) is 8.69. The molecule has 5 rings (SSSR count). The Morgan fingerprint density at radius 2 is 1.08 bits per heavy atom. The van der Waals surface area contributed by atoms with Crippen molar-refractivity contribution in [2.24, 2.45) is 0 Å². The predicted octanol–water partition coefficient (Wildman–Crippen LogP) is 5.44. The summed E-state index contributed by atoms with van der Waals surface area (Å²) in [6.07, 6.45) is 4.06. The first-order chi connectivity index (χ1) is 12.6. The molecule has 0 atom stereocenters. The molecular weight excluding hydrogens is 320 g/mol. The monoisotopic (exact) mass is 338 g/mol. The lowest BCUT2D eigenvalue weighted by Gasteiger charge is -1.93. The molecule has 2 N–H and O–H groups in total. The van der Waals surface area contributed by atoms with Crippen LogP contribution in [0.5, 0.6) is 0 Å². The van der Waals surface area contributed by atoms with Crippen LogP contribution in [0, 0.1) is 0 Å². The second-order valence-electron chi connectivity index (χ2n) is 6.74. The fourth-order valence-corrected chi connectivity index (χ4v) is 3.33. The van der Waals surface area contributed by atoms with Crippen LogP contribution in [0.3, 0.4) is 0 Å². The van der Waals surface area contributed by atoms with Gasteiger partial charge in [-0.2, -0.15) is 0 Å². The summed E-state index contributed by atoms with van der Waals surface area (Å²) in [7, 11) is 0. The number of H-pyrrole nitrogens is 2. The van der Waals surface area contributed by atoms with Gasteiger partial charge in [0.15, 0.2) is 0 Å². The van der Waals surface area contributed by atoms with Crippen LogP contribution in [0.25, 0.3) is 45.4 Å². The number of hydrogen-bond acceptors (Lipinski definition) is 2. The van der Waals surface area contributed by atoms with Gasteiger partial charge in [-0.1, -0.05) is 0 Å². The quantitative estimate of drug-likeness (QED) is 0.449. The van der Waals surface area contributed by atoms with E-state index in [4.69, 9.17) is 9.97 Å². The van der Waals surface area contributed by atoms with Gasteiger partial charge < -0.3 is 9.97 Å². The van der Waals surface area contributed by atoms with E-state index in [9.17, 15) is 0 Å². The molecule has 4 heteroatoms. The second-order valence-corrected chi connectivity index (χ2v) is 6.74. The summed E-state index contributed by atoms with van der Waals surface area (Å²) in [5.74, 6) is 0. The van der Waals surface area contributed by atoms with E-state index in [0.717, 1.165) is 44.8 Å². The minimum Gasteiger partial charge on any atom is -0.355 e. The van der Waals surface area contributed by atoms with E-state index in [0.29, 0.717) is 0 Å². The van der Waals surface area contributed by atoms with Gasteiger partial charge in [0.2, 0.25) is 0 Å². The van der Waals surface area contributed by atoms with Crippen molar-refractivity contribution in [3.63, 3.8) is 0 Å². The van der Waals surface area contributed by atoms with E-state index in [1.54, 1.807) is 0 Å². The fraction of sp³-hybridized carbons (Fsp3) is 0.0909. The molecule has 0 unspecified atom stereocenters. The minimum absolute atomic E-state index is 0.927. The highest BCUT2D eigenvalue weighted by Gasteiger charge is 2.13. The van der Waals surface area contributed by atoms with Crippen LogP contribution >= 0.6 is 0 Å². The van der Waals surface area contributed by atoms with E-state index < -0.39 is 0 Å². The maximum Gasteiger partial charge on any atom is 0.0691 e. The zero-order valence-electron chi connectivity index (χ0n) is 14.7. The van der Waals surface area contributed by atoms with Gasteiger partial charge in [0.1, 0.15) is 0 Å². The maximum atomic E-state index is 4.82. The largest absolute Gasteiger partial charge is 0.355 e. The summed E-state index contributed by atoms with van der Waals surface area (Å²) in [5, 5.41) is 0. The molecule has 0 radical (unpaired) electrons. The highest BCUT2D eigenvalue weighted by Crippen LogP contribution is 2.29. The molecule has 0 fully saturated rings. The molecule has 3 aromatic heterocycles. The summed E-state index contributed by atoms with van der Waals surface area (Å²) in [5.41, 5.74) is 10.4. The van der Waals surface area contributed by atoms with E-state index in [2.05, 4.69) is 72.3 Å². The molecule has 2 aliphatic heterocycles. The van der Waals surface area contributed by atoms with Crippen molar-refractivity contribution < 1.29 is 0 Å². The predicted molar refractivity (Wildman–Crippen MR) is 108 cm³/mol. The van der Waals surface area contributed by atoms with E-state index >= 15 is 0 Å². The van der Waals surface area contributed by atoms with E-state index in [1.165, 1.54) is 11.1 Å². The number of rotatable bonds is 0. The smallest absolute Gasteiger partial charge is 0.0691 e. The van der Waals surface area contributed by atoms with Gasteiger partial charge in [-0.3, -0.25) is 0 Å². The van der Waals surface area contributed by atoms with Crippen LogP contribution in [0.15, 0.2) is 48.5 Å². The molecule has 0 saturated carbocycles. The highest BCUT2D eigenvalue weighted by molar-refractivity contribution is 5.91. The number of nitrogens with one attached hydrogen (secondary N) is 2. The summed E-state index contributed by atoms with van der Waals surface area (Å²) in [4.78, 5) is 16.4. The van der Waals surface area contributed by atoms with Crippen LogP contribution < -0.4 is 0 Å². The molecule has 3 aromatic rings. The van der Waals surface area contributed by atoms with E-state index in [1.807, 2.05) is 12.2 Å². The molecule has 5 heterocycles. The SMILES string of the molecule is CC1=C(C)c2cc3ccc(cc4ccc(cc5nc(cc1n2)C=C5)[nH]4)[nH]3. The number of nitrogens with zero attached hydrogens (tertiary/aromatic N) is 2. The van der Waals surface area contributed by atoms with Gasteiger partial charge in [-0.05, 0) is 85.7 Å². The summed E-state index contributed by atoms with van der Waals surface area (Å²) < 4.78 is 0. The van der Waals surface area contributed by atoms with Crippen LogP contribution in [0.1, 0.15) is 36.6 Å². The lowest BCUT2D eigenvalue weighted by molar-refractivity contribution is 1.26. The van der Waals surface area contributed by atoms with Gasteiger partial charge in [-0.25, -0.2) is 9.97 Å². The lowest BCUT2D eigenvalue weighted by atomic mass is 10.1. The van der Waals surface area contributed by atoms with Crippen molar-refractivity contribution in [3.05, 3.63) is 71.3 Å². The number of aromatic nitrogens is 4. The van der Waals surface area contributed by atoms with Gasteiger partial charge in [0.05, 0.1) is 22.8 Å². The zero-order chi connectivity index (χ0) is 17.7. The summed E-state index contributed by atoms with van der Waals surface area (Å²) in [6, 6.07) is 16.6.